The summed E-state index contributed by atoms with van der Waals surface area (Å²) >= 11 is 6.05. The maximum Gasteiger partial charge on any atom is 0.227 e. The van der Waals surface area contributed by atoms with E-state index in [1.165, 1.54) is 0 Å². The molecule has 0 saturated carbocycles. The first kappa shape index (κ1) is 18.3. The van der Waals surface area contributed by atoms with Crippen LogP contribution in [0, 0.1) is 0 Å². The van der Waals surface area contributed by atoms with E-state index in [9.17, 15) is 4.79 Å². The number of halogens is 1. The summed E-state index contributed by atoms with van der Waals surface area (Å²) in [6, 6.07) is 15.3. The number of H-pyrrole nitrogens is 1. The molecule has 2 N–H and O–H groups in total. The first-order valence-corrected chi connectivity index (χ1v) is 9.47. The van der Waals surface area contributed by atoms with Gasteiger partial charge in [-0.3, -0.25) is 4.79 Å². The Morgan fingerprint density at radius 2 is 2.04 bits per heavy atom. The van der Waals surface area contributed by atoms with Crippen molar-refractivity contribution in [2.75, 3.05) is 6.54 Å². The summed E-state index contributed by atoms with van der Waals surface area (Å²) in [5.41, 5.74) is 2.82. The topological polar surface area (TPSA) is 83.8 Å². The van der Waals surface area contributed by atoms with E-state index in [0.717, 1.165) is 28.5 Å². The second-order valence-corrected chi connectivity index (χ2v) is 6.95. The zero-order valence-electron chi connectivity index (χ0n) is 15.1. The molecule has 0 aliphatic rings. The van der Waals surface area contributed by atoms with E-state index >= 15 is 0 Å². The third kappa shape index (κ3) is 4.23. The second-order valence-electron chi connectivity index (χ2n) is 6.51. The molecule has 0 bridgehead atoms. The van der Waals surface area contributed by atoms with Crippen LogP contribution in [-0.4, -0.2) is 27.6 Å². The van der Waals surface area contributed by atoms with Crippen molar-refractivity contribution in [1.29, 1.82) is 0 Å². The van der Waals surface area contributed by atoms with Gasteiger partial charge >= 0.3 is 0 Å². The number of hydrogen-bond acceptors (Lipinski definition) is 4. The Balaban J connectivity index is 1.26. The average Bonchev–Trinajstić information content (AvgIpc) is 3.33. The molecule has 4 rings (SSSR count). The molecule has 0 aliphatic carbocycles. The van der Waals surface area contributed by atoms with Crippen molar-refractivity contribution >= 4 is 28.4 Å². The number of aromatic nitrogens is 3. The lowest BCUT2D eigenvalue weighted by Crippen LogP contribution is -2.26. The highest BCUT2D eigenvalue weighted by atomic mass is 35.5. The third-order valence-electron chi connectivity index (χ3n) is 4.47. The molecule has 0 aliphatic heterocycles. The van der Waals surface area contributed by atoms with Crippen LogP contribution in [0.4, 0.5) is 0 Å². The van der Waals surface area contributed by atoms with E-state index in [4.69, 9.17) is 16.1 Å². The number of benzene rings is 2. The molecule has 2 heterocycles. The fraction of sp³-hybridized carbons (Fsp3) is 0.190. The zero-order chi connectivity index (χ0) is 19.3. The summed E-state index contributed by atoms with van der Waals surface area (Å²) in [4.78, 5) is 19.8. The van der Waals surface area contributed by atoms with E-state index in [1.807, 2.05) is 54.7 Å². The summed E-state index contributed by atoms with van der Waals surface area (Å²) in [6.07, 6.45) is 3.49. The Morgan fingerprint density at radius 3 is 2.89 bits per heavy atom. The molecule has 0 radical (unpaired) electrons. The minimum Gasteiger partial charge on any atom is -0.361 e. The van der Waals surface area contributed by atoms with Gasteiger partial charge in [-0.25, -0.2) is 0 Å². The largest absolute Gasteiger partial charge is 0.361 e. The Bertz CT molecular complexity index is 1090. The van der Waals surface area contributed by atoms with Gasteiger partial charge in [0.05, 0.1) is 6.42 Å². The molecule has 0 atom stereocenters. The maximum absolute atomic E-state index is 12.2. The number of rotatable bonds is 7. The molecule has 1 amide bonds. The molecule has 7 heteroatoms. The predicted molar refractivity (Wildman–Crippen MR) is 108 cm³/mol. The van der Waals surface area contributed by atoms with E-state index in [0.29, 0.717) is 36.1 Å². The molecule has 0 spiro atoms. The van der Waals surface area contributed by atoms with E-state index < -0.39 is 0 Å². The average molecular weight is 395 g/mol. The van der Waals surface area contributed by atoms with E-state index in [2.05, 4.69) is 20.4 Å². The number of hydrogen-bond donors (Lipinski definition) is 2. The molecule has 28 heavy (non-hydrogen) atoms. The molecule has 2 aromatic carbocycles. The van der Waals surface area contributed by atoms with Gasteiger partial charge in [0.2, 0.25) is 17.6 Å². The number of aromatic amines is 1. The number of nitrogens with one attached hydrogen (secondary N) is 2. The lowest BCUT2D eigenvalue weighted by molar-refractivity contribution is -0.120. The third-order valence-corrected chi connectivity index (χ3v) is 4.71. The normalized spacial score (nSPS) is 11.0. The summed E-state index contributed by atoms with van der Waals surface area (Å²) in [6.45, 7) is 0.547. The number of fused-ring (bicyclic) bond motifs is 1. The molecular weight excluding hydrogens is 376 g/mol. The quantitative estimate of drug-likeness (QED) is 0.461. The minimum absolute atomic E-state index is 0.0311. The van der Waals surface area contributed by atoms with Crippen molar-refractivity contribution in [2.24, 2.45) is 0 Å². The Hall–Kier alpha value is -3.12. The number of amides is 1. The molecule has 6 nitrogen and oxygen atoms in total. The van der Waals surface area contributed by atoms with Crippen LogP contribution in [-0.2, 0) is 17.6 Å². The fourth-order valence-electron chi connectivity index (χ4n) is 3.06. The van der Waals surface area contributed by atoms with Gasteiger partial charge in [0.25, 0.3) is 0 Å². The molecule has 0 fully saturated rings. The van der Waals surface area contributed by atoms with Crippen molar-refractivity contribution in [3.8, 4) is 11.4 Å². The van der Waals surface area contributed by atoms with Crippen LogP contribution in [0.5, 0.6) is 0 Å². The SMILES string of the molecule is O=C(Cc1c[nH]c2ccc(Cl)cc12)NCCCc1nc(-c2ccccc2)no1. The van der Waals surface area contributed by atoms with Crippen LogP contribution in [0.25, 0.3) is 22.3 Å². The van der Waals surface area contributed by atoms with Crippen molar-refractivity contribution in [3.05, 3.63) is 71.2 Å². The summed E-state index contributed by atoms with van der Waals surface area (Å²) < 4.78 is 5.28. The van der Waals surface area contributed by atoms with Crippen LogP contribution in [0.2, 0.25) is 5.02 Å². The van der Waals surface area contributed by atoms with Gasteiger partial charge in [0.1, 0.15) is 0 Å². The van der Waals surface area contributed by atoms with Crippen LogP contribution < -0.4 is 5.32 Å². The number of carbonyl (C=O) groups excluding carboxylic acids is 1. The Kier molecular flexibility index (Phi) is 5.39. The number of aryl methyl sites for hydroxylation is 1. The molecule has 0 unspecified atom stereocenters. The first-order chi connectivity index (χ1) is 13.7. The van der Waals surface area contributed by atoms with Crippen LogP contribution in [0.3, 0.4) is 0 Å². The molecular formula is C21H19ClN4O2. The highest BCUT2D eigenvalue weighted by Crippen LogP contribution is 2.22. The number of carbonyl (C=O) groups is 1. The van der Waals surface area contributed by atoms with Gasteiger partial charge in [-0.05, 0) is 30.2 Å². The van der Waals surface area contributed by atoms with Crippen molar-refractivity contribution in [2.45, 2.75) is 19.3 Å². The highest BCUT2D eigenvalue weighted by molar-refractivity contribution is 6.31. The van der Waals surface area contributed by atoms with Gasteiger partial charge < -0.3 is 14.8 Å². The highest BCUT2D eigenvalue weighted by Gasteiger charge is 2.10. The smallest absolute Gasteiger partial charge is 0.227 e. The van der Waals surface area contributed by atoms with E-state index in [-0.39, 0.29) is 5.91 Å². The predicted octanol–water partition coefficient (Wildman–Crippen LogP) is 4.16. The lowest BCUT2D eigenvalue weighted by atomic mass is 10.1. The molecule has 0 saturated heterocycles. The van der Waals surface area contributed by atoms with Gasteiger partial charge in [-0.1, -0.05) is 47.1 Å². The van der Waals surface area contributed by atoms with Gasteiger partial charge in [0, 0.05) is 40.7 Å². The van der Waals surface area contributed by atoms with Crippen LogP contribution >= 0.6 is 11.6 Å². The molecule has 4 aromatic rings. The first-order valence-electron chi connectivity index (χ1n) is 9.09. The van der Waals surface area contributed by atoms with E-state index in [1.54, 1.807) is 0 Å². The lowest BCUT2D eigenvalue weighted by Gasteiger charge is -2.04. The minimum atomic E-state index is -0.0311. The summed E-state index contributed by atoms with van der Waals surface area (Å²) in [5, 5.41) is 8.56. The van der Waals surface area contributed by atoms with Crippen molar-refractivity contribution < 1.29 is 9.32 Å². The van der Waals surface area contributed by atoms with Gasteiger partial charge in [-0.15, -0.1) is 0 Å². The van der Waals surface area contributed by atoms with Gasteiger partial charge in [0.15, 0.2) is 0 Å². The van der Waals surface area contributed by atoms with Crippen molar-refractivity contribution in [3.63, 3.8) is 0 Å². The Morgan fingerprint density at radius 1 is 1.18 bits per heavy atom. The standard InChI is InChI=1S/C21H19ClN4O2/c22-16-8-9-18-17(12-16)15(13-24-18)11-19(27)23-10-4-7-20-25-21(26-28-20)14-5-2-1-3-6-14/h1-3,5-6,8-9,12-13,24H,4,7,10-11H2,(H,23,27). The number of nitrogens with zero attached hydrogens (tertiary/aromatic N) is 2. The van der Waals surface area contributed by atoms with Crippen LogP contribution in [0.1, 0.15) is 17.9 Å². The van der Waals surface area contributed by atoms with Gasteiger partial charge in [-0.2, -0.15) is 4.98 Å². The maximum atomic E-state index is 12.2. The fourth-order valence-corrected chi connectivity index (χ4v) is 3.23. The molecule has 142 valence electrons. The monoisotopic (exact) mass is 394 g/mol. The second kappa shape index (κ2) is 8.27. The van der Waals surface area contributed by atoms with Crippen molar-refractivity contribution in [1.82, 2.24) is 20.4 Å². The zero-order valence-corrected chi connectivity index (χ0v) is 15.9. The van der Waals surface area contributed by atoms with Crippen LogP contribution in [0.15, 0.2) is 59.3 Å². The Labute approximate surface area is 166 Å². The summed E-state index contributed by atoms with van der Waals surface area (Å²) in [5.74, 6) is 1.12. The summed E-state index contributed by atoms with van der Waals surface area (Å²) in [7, 11) is 0. The molecule has 2 aromatic heterocycles.